The molecule has 0 aliphatic carbocycles. The molecule has 0 spiro atoms. The molecule has 3 rings (SSSR count). The number of aromatic nitrogens is 2. The first-order chi connectivity index (χ1) is 15.5. The van der Waals surface area contributed by atoms with Crippen LogP contribution >= 0.6 is 0 Å². The summed E-state index contributed by atoms with van der Waals surface area (Å²) in [5.74, 6) is 0.600. The summed E-state index contributed by atoms with van der Waals surface area (Å²) < 4.78 is 45.6. The van der Waals surface area contributed by atoms with Gasteiger partial charge in [0.15, 0.2) is 5.82 Å². The number of carbonyl (C=O) groups is 1. The minimum Gasteiger partial charge on any atom is -0.465 e. The van der Waals surface area contributed by atoms with Gasteiger partial charge in [0.1, 0.15) is 0 Å². The summed E-state index contributed by atoms with van der Waals surface area (Å²) in [4.78, 5) is 28.6. The Morgan fingerprint density at radius 1 is 1.36 bits per heavy atom. The number of hydrogen-bond acceptors (Lipinski definition) is 7. The molecule has 2 aromatic rings. The molecular formula is C20H24F3N5O5. The molecule has 0 bridgehead atoms. The summed E-state index contributed by atoms with van der Waals surface area (Å²) in [5, 5.41) is 24.3. The molecule has 13 heteroatoms. The molecule has 0 radical (unpaired) electrons. The average molecular weight is 471 g/mol. The molecule has 1 aromatic heterocycles. The fourth-order valence-corrected chi connectivity index (χ4v) is 3.76. The van der Waals surface area contributed by atoms with E-state index in [1.165, 1.54) is 9.80 Å². The Morgan fingerprint density at radius 2 is 2.03 bits per heavy atom. The van der Waals surface area contributed by atoms with Crippen LogP contribution in [0, 0.1) is 16.0 Å². The predicted octanol–water partition coefficient (Wildman–Crippen LogP) is 4.52. The van der Waals surface area contributed by atoms with Gasteiger partial charge in [-0.1, -0.05) is 19.0 Å². The first kappa shape index (κ1) is 24.3. The monoisotopic (exact) mass is 471 g/mol. The fourth-order valence-electron chi connectivity index (χ4n) is 3.76. The Kier molecular flexibility index (Phi) is 7.08. The highest BCUT2D eigenvalue weighted by atomic mass is 19.4. The van der Waals surface area contributed by atoms with Crippen molar-refractivity contribution in [1.29, 1.82) is 0 Å². The van der Waals surface area contributed by atoms with Crippen molar-refractivity contribution in [2.24, 2.45) is 5.92 Å². The van der Waals surface area contributed by atoms with Gasteiger partial charge in [0.25, 0.3) is 5.69 Å². The van der Waals surface area contributed by atoms with E-state index in [1.54, 1.807) is 0 Å². The van der Waals surface area contributed by atoms with Crippen LogP contribution < -0.4 is 4.90 Å². The van der Waals surface area contributed by atoms with Gasteiger partial charge in [-0.3, -0.25) is 10.1 Å². The van der Waals surface area contributed by atoms with Crippen LogP contribution in [0.3, 0.4) is 0 Å². The van der Waals surface area contributed by atoms with E-state index in [-0.39, 0.29) is 49.5 Å². The van der Waals surface area contributed by atoms with Crippen LogP contribution in [-0.4, -0.2) is 50.8 Å². The van der Waals surface area contributed by atoms with E-state index in [0.717, 1.165) is 12.1 Å². The number of piperidine rings is 1. The minimum absolute atomic E-state index is 0.00914. The van der Waals surface area contributed by atoms with Crippen LogP contribution in [0.15, 0.2) is 22.7 Å². The first-order valence-corrected chi connectivity index (χ1v) is 10.4. The number of hydrogen-bond donors (Lipinski definition) is 1. The number of anilines is 1. The van der Waals surface area contributed by atoms with Crippen molar-refractivity contribution >= 4 is 17.5 Å². The Hall–Kier alpha value is -3.38. The molecule has 1 fully saturated rings. The Bertz CT molecular complexity index is 1000. The van der Waals surface area contributed by atoms with Gasteiger partial charge >= 0.3 is 12.3 Å². The summed E-state index contributed by atoms with van der Waals surface area (Å²) in [6.07, 6.45) is -4.97. The van der Waals surface area contributed by atoms with Crippen molar-refractivity contribution in [3.8, 4) is 0 Å². The van der Waals surface area contributed by atoms with E-state index < -0.39 is 28.4 Å². The van der Waals surface area contributed by atoms with E-state index in [1.807, 2.05) is 13.8 Å². The van der Waals surface area contributed by atoms with Crippen molar-refractivity contribution < 1.29 is 32.5 Å². The molecule has 10 nitrogen and oxygen atoms in total. The predicted molar refractivity (Wildman–Crippen MR) is 110 cm³/mol. The Morgan fingerprint density at radius 3 is 2.55 bits per heavy atom. The SMILES string of the molecule is CC(C)c1nc(CN(CC2CCN(c3ccc([N+](=O)[O-])cc3C(F)(F)F)CC2)C(=O)O)no1. The van der Waals surface area contributed by atoms with Crippen molar-refractivity contribution in [1.82, 2.24) is 15.0 Å². The largest absolute Gasteiger partial charge is 0.465 e. The number of carboxylic acid groups (broad SMARTS) is 1. The molecule has 1 aliphatic rings. The van der Waals surface area contributed by atoms with Crippen molar-refractivity contribution in [3.05, 3.63) is 45.6 Å². The van der Waals surface area contributed by atoms with Crippen molar-refractivity contribution in [2.45, 2.75) is 45.3 Å². The highest BCUT2D eigenvalue weighted by Gasteiger charge is 2.37. The van der Waals surface area contributed by atoms with Gasteiger partial charge in [0.05, 0.1) is 17.0 Å². The van der Waals surface area contributed by atoms with Crippen LogP contribution in [0.2, 0.25) is 0 Å². The molecule has 1 N–H and O–H groups in total. The van der Waals surface area contributed by atoms with E-state index in [4.69, 9.17) is 4.52 Å². The lowest BCUT2D eigenvalue weighted by molar-refractivity contribution is -0.385. The molecule has 1 amide bonds. The quantitative estimate of drug-likeness (QED) is 0.462. The number of nitro benzene ring substituents is 1. The molecule has 0 saturated carbocycles. The molecule has 2 heterocycles. The summed E-state index contributed by atoms with van der Waals surface area (Å²) in [7, 11) is 0. The summed E-state index contributed by atoms with van der Waals surface area (Å²) in [6.45, 7) is 4.40. The third kappa shape index (κ3) is 5.90. The average Bonchev–Trinajstić information content (AvgIpc) is 3.21. The van der Waals surface area contributed by atoms with Gasteiger partial charge in [0.2, 0.25) is 5.89 Å². The van der Waals surface area contributed by atoms with Crippen molar-refractivity contribution in [3.63, 3.8) is 0 Å². The fraction of sp³-hybridized carbons (Fsp3) is 0.550. The number of amides is 1. The first-order valence-electron chi connectivity index (χ1n) is 10.4. The lowest BCUT2D eigenvalue weighted by atomic mass is 9.95. The third-order valence-corrected chi connectivity index (χ3v) is 5.51. The standard InChI is InChI=1S/C20H24F3N5O5/c1-12(2)18-24-17(25-33-18)11-27(19(29)30)10-13-5-7-26(8-6-13)16-4-3-14(28(31)32)9-15(16)20(21,22)23/h3-4,9,12-13H,5-8,10-11H2,1-2H3,(H,29,30). The van der Waals surface area contributed by atoms with Crippen LogP contribution in [0.1, 0.15) is 49.9 Å². The zero-order chi connectivity index (χ0) is 24.3. The molecule has 0 atom stereocenters. The molecule has 1 saturated heterocycles. The van der Waals surface area contributed by atoms with Gasteiger partial charge in [-0.25, -0.2) is 4.79 Å². The Balaban J connectivity index is 1.66. The normalized spacial score (nSPS) is 15.2. The maximum atomic E-state index is 13.5. The molecule has 180 valence electrons. The van der Waals surface area contributed by atoms with Crippen LogP contribution in [0.4, 0.5) is 29.3 Å². The van der Waals surface area contributed by atoms with E-state index in [0.29, 0.717) is 24.8 Å². The number of non-ortho nitro benzene ring substituents is 1. The molecule has 1 aromatic carbocycles. The lowest BCUT2D eigenvalue weighted by Gasteiger charge is -2.36. The molecule has 1 aliphatic heterocycles. The number of alkyl halides is 3. The maximum absolute atomic E-state index is 13.5. The van der Waals surface area contributed by atoms with Crippen LogP contribution in [0.25, 0.3) is 0 Å². The topological polar surface area (TPSA) is 126 Å². The van der Waals surface area contributed by atoms with E-state index in [2.05, 4.69) is 10.1 Å². The number of nitrogens with zero attached hydrogens (tertiary/aromatic N) is 5. The zero-order valence-electron chi connectivity index (χ0n) is 18.1. The zero-order valence-corrected chi connectivity index (χ0v) is 18.1. The smallest absolute Gasteiger partial charge is 0.418 e. The van der Waals surface area contributed by atoms with E-state index in [9.17, 15) is 33.2 Å². The number of benzene rings is 1. The lowest BCUT2D eigenvalue weighted by Crippen LogP contribution is -2.41. The second-order valence-corrected chi connectivity index (χ2v) is 8.25. The van der Waals surface area contributed by atoms with Crippen LogP contribution in [-0.2, 0) is 12.7 Å². The molecular weight excluding hydrogens is 447 g/mol. The molecule has 33 heavy (non-hydrogen) atoms. The highest BCUT2D eigenvalue weighted by Crippen LogP contribution is 2.40. The second-order valence-electron chi connectivity index (χ2n) is 8.25. The van der Waals surface area contributed by atoms with Gasteiger partial charge in [0, 0.05) is 43.4 Å². The van der Waals surface area contributed by atoms with Gasteiger partial charge in [-0.2, -0.15) is 18.2 Å². The second kappa shape index (κ2) is 9.63. The van der Waals surface area contributed by atoms with Crippen LogP contribution in [0.5, 0.6) is 0 Å². The summed E-state index contributed by atoms with van der Waals surface area (Å²) >= 11 is 0. The van der Waals surface area contributed by atoms with E-state index >= 15 is 0 Å². The molecule has 0 unspecified atom stereocenters. The third-order valence-electron chi connectivity index (χ3n) is 5.51. The number of rotatable bonds is 7. The summed E-state index contributed by atoms with van der Waals surface area (Å²) in [6, 6.07) is 2.72. The van der Waals surface area contributed by atoms with Crippen molar-refractivity contribution in [2.75, 3.05) is 24.5 Å². The summed E-state index contributed by atoms with van der Waals surface area (Å²) in [5.41, 5.74) is -1.80. The van der Waals surface area contributed by atoms with Gasteiger partial charge < -0.3 is 19.4 Å². The Labute approximate surface area is 187 Å². The number of halogens is 3. The maximum Gasteiger partial charge on any atom is 0.418 e. The number of nitro groups is 1. The van der Waals surface area contributed by atoms with Gasteiger partial charge in [-0.15, -0.1) is 0 Å². The minimum atomic E-state index is -4.74. The van der Waals surface area contributed by atoms with Gasteiger partial charge in [-0.05, 0) is 24.8 Å². The highest BCUT2D eigenvalue weighted by molar-refractivity contribution is 5.65.